The molecule has 0 saturated carbocycles. The number of fused-ring (bicyclic) bond motifs is 1. The Labute approximate surface area is 111 Å². The van der Waals surface area contributed by atoms with E-state index in [1.54, 1.807) is 17.7 Å². The van der Waals surface area contributed by atoms with E-state index in [4.69, 9.17) is 0 Å². The lowest BCUT2D eigenvalue weighted by Gasteiger charge is -2.38. The summed E-state index contributed by atoms with van der Waals surface area (Å²) in [6, 6.07) is 0.577. The molecule has 0 aromatic carbocycles. The molecule has 4 nitrogen and oxygen atoms in total. The quantitative estimate of drug-likeness (QED) is 0.920. The van der Waals surface area contributed by atoms with E-state index in [2.05, 4.69) is 41.0 Å². The van der Waals surface area contributed by atoms with Crippen LogP contribution in [-0.4, -0.2) is 35.6 Å². The van der Waals surface area contributed by atoms with Crippen LogP contribution in [0.25, 0.3) is 10.2 Å². The maximum atomic E-state index is 4.55. The molecule has 1 aliphatic heterocycles. The summed E-state index contributed by atoms with van der Waals surface area (Å²) in [6.45, 7) is 9.64. The van der Waals surface area contributed by atoms with Crippen LogP contribution in [0.15, 0.2) is 6.33 Å². The Morgan fingerprint density at radius 1 is 1.39 bits per heavy atom. The fourth-order valence-corrected chi connectivity index (χ4v) is 3.45. The van der Waals surface area contributed by atoms with Gasteiger partial charge in [0, 0.05) is 24.5 Å². The van der Waals surface area contributed by atoms with Gasteiger partial charge in [0.15, 0.2) is 0 Å². The van der Waals surface area contributed by atoms with Crippen molar-refractivity contribution in [2.45, 2.75) is 26.8 Å². The summed E-state index contributed by atoms with van der Waals surface area (Å²) in [5.41, 5.74) is 1.33. The van der Waals surface area contributed by atoms with Crippen LogP contribution in [-0.2, 0) is 0 Å². The molecule has 0 aliphatic carbocycles. The molecule has 2 aromatic heterocycles. The van der Waals surface area contributed by atoms with Crippen LogP contribution < -0.4 is 10.2 Å². The Morgan fingerprint density at radius 2 is 2.17 bits per heavy atom. The van der Waals surface area contributed by atoms with Crippen LogP contribution in [0.4, 0.5) is 5.82 Å². The number of nitrogens with zero attached hydrogens (tertiary/aromatic N) is 3. The predicted octanol–water partition coefficient (Wildman–Crippen LogP) is 2.11. The highest BCUT2D eigenvalue weighted by molar-refractivity contribution is 7.18. The molecule has 5 heteroatoms. The van der Waals surface area contributed by atoms with Crippen molar-refractivity contribution >= 4 is 27.4 Å². The fourth-order valence-electron chi connectivity index (χ4n) is 2.46. The van der Waals surface area contributed by atoms with E-state index >= 15 is 0 Å². The first-order chi connectivity index (χ1) is 8.72. The summed E-state index contributed by atoms with van der Waals surface area (Å²) >= 11 is 1.76. The lowest BCUT2D eigenvalue weighted by molar-refractivity contribution is 0.416. The Kier molecular flexibility index (Phi) is 2.95. The third-order valence-electron chi connectivity index (χ3n) is 3.76. The first-order valence-electron chi connectivity index (χ1n) is 6.40. The SMILES string of the molecule is CCN(c1ncnc2sc(C)c(C)c12)C1CNC1. The van der Waals surface area contributed by atoms with E-state index in [9.17, 15) is 0 Å². The lowest BCUT2D eigenvalue weighted by atomic mass is 10.1. The van der Waals surface area contributed by atoms with Crippen LogP contribution in [0.5, 0.6) is 0 Å². The second kappa shape index (κ2) is 4.48. The number of nitrogens with one attached hydrogen (secondary N) is 1. The minimum atomic E-state index is 0.577. The zero-order valence-electron chi connectivity index (χ0n) is 11.0. The van der Waals surface area contributed by atoms with Crippen molar-refractivity contribution in [2.75, 3.05) is 24.5 Å². The largest absolute Gasteiger partial charge is 0.351 e. The fraction of sp³-hybridized carbons (Fsp3) is 0.538. The predicted molar refractivity (Wildman–Crippen MR) is 76.6 cm³/mol. The third kappa shape index (κ3) is 1.69. The van der Waals surface area contributed by atoms with Crippen molar-refractivity contribution in [3.63, 3.8) is 0 Å². The highest BCUT2D eigenvalue weighted by Crippen LogP contribution is 2.35. The van der Waals surface area contributed by atoms with Crippen LogP contribution in [0, 0.1) is 13.8 Å². The van der Waals surface area contributed by atoms with Gasteiger partial charge in [0.05, 0.1) is 11.4 Å². The third-order valence-corrected chi connectivity index (χ3v) is 4.87. The van der Waals surface area contributed by atoms with Gasteiger partial charge in [-0.2, -0.15) is 0 Å². The Bertz CT molecular complexity index is 574. The van der Waals surface area contributed by atoms with Gasteiger partial charge in [0.2, 0.25) is 0 Å². The van der Waals surface area contributed by atoms with Gasteiger partial charge in [-0.15, -0.1) is 11.3 Å². The summed E-state index contributed by atoms with van der Waals surface area (Å²) in [7, 11) is 0. The van der Waals surface area contributed by atoms with E-state index in [-0.39, 0.29) is 0 Å². The molecule has 1 aliphatic rings. The van der Waals surface area contributed by atoms with Crippen LogP contribution in [0.2, 0.25) is 0 Å². The molecule has 18 heavy (non-hydrogen) atoms. The smallest absolute Gasteiger partial charge is 0.141 e. The molecular weight excluding hydrogens is 244 g/mol. The number of aromatic nitrogens is 2. The summed E-state index contributed by atoms with van der Waals surface area (Å²) in [4.78, 5) is 13.8. The normalized spacial score (nSPS) is 15.9. The summed E-state index contributed by atoms with van der Waals surface area (Å²) in [5, 5.41) is 4.58. The van der Waals surface area contributed by atoms with E-state index in [0.29, 0.717) is 6.04 Å². The van der Waals surface area contributed by atoms with E-state index < -0.39 is 0 Å². The van der Waals surface area contributed by atoms with E-state index in [1.165, 1.54) is 15.8 Å². The number of aryl methyl sites for hydroxylation is 2. The molecule has 1 fully saturated rings. The molecule has 0 atom stereocenters. The molecule has 3 heterocycles. The van der Waals surface area contributed by atoms with Crippen LogP contribution >= 0.6 is 11.3 Å². The van der Waals surface area contributed by atoms with Gasteiger partial charge in [-0.1, -0.05) is 0 Å². The number of hydrogen-bond donors (Lipinski definition) is 1. The van der Waals surface area contributed by atoms with Crippen molar-refractivity contribution in [3.8, 4) is 0 Å². The van der Waals surface area contributed by atoms with Crippen molar-refractivity contribution in [3.05, 3.63) is 16.8 Å². The van der Waals surface area contributed by atoms with E-state index in [1.807, 2.05) is 0 Å². The molecule has 96 valence electrons. The number of hydrogen-bond acceptors (Lipinski definition) is 5. The number of likely N-dealkylation sites (N-methyl/N-ethyl adjacent to an activating group) is 1. The summed E-state index contributed by atoms with van der Waals surface area (Å²) < 4.78 is 0. The minimum Gasteiger partial charge on any atom is -0.351 e. The molecular formula is C13H18N4S. The standard InChI is InChI=1S/C13H18N4S/c1-4-17(10-5-14-6-10)12-11-8(2)9(3)18-13(11)16-7-15-12/h7,10,14H,4-6H2,1-3H3. The van der Waals surface area contributed by atoms with E-state index in [0.717, 1.165) is 30.3 Å². The van der Waals surface area contributed by atoms with Crippen molar-refractivity contribution < 1.29 is 0 Å². The topological polar surface area (TPSA) is 41.1 Å². The minimum absolute atomic E-state index is 0.577. The molecule has 0 bridgehead atoms. The van der Waals surface area contributed by atoms with Gasteiger partial charge in [-0.3, -0.25) is 0 Å². The monoisotopic (exact) mass is 262 g/mol. The average Bonchev–Trinajstić information content (AvgIpc) is 2.60. The summed E-state index contributed by atoms with van der Waals surface area (Å²) in [6.07, 6.45) is 1.70. The Hall–Kier alpha value is -1.20. The first kappa shape index (κ1) is 11.9. The van der Waals surface area contributed by atoms with Crippen molar-refractivity contribution in [1.29, 1.82) is 0 Å². The Balaban J connectivity index is 2.14. The molecule has 1 saturated heterocycles. The van der Waals surface area contributed by atoms with Crippen LogP contribution in [0.1, 0.15) is 17.4 Å². The number of thiophene rings is 1. The number of rotatable bonds is 3. The van der Waals surface area contributed by atoms with Gasteiger partial charge in [0.1, 0.15) is 17.0 Å². The van der Waals surface area contributed by atoms with Crippen LogP contribution in [0.3, 0.4) is 0 Å². The molecule has 0 radical (unpaired) electrons. The second-order valence-corrected chi connectivity index (χ2v) is 5.96. The highest BCUT2D eigenvalue weighted by atomic mass is 32.1. The summed E-state index contributed by atoms with van der Waals surface area (Å²) in [5.74, 6) is 1.11. The van der Waals surface area contributed by atoms with Gasteiger partial charge >= 0.3 is 0 Å². The molecule has 0 spiro atoms. The second-order valence-electron chi connectivity index (χ2n) is 4.76. The molecule has 0 amide bonds. The molecule has 1 N–H and O–H groups in total. The van der Waals surface area contributed by atoms with Gasteiger partial charge < -0.3 is 10.2 Å². The molecule has 3 rings (SSSR count). The molecule has 2 aromatic rings. The van der Waals surface area contributed by atoms with Crippen molar-refractivity contribution in [2.24, 2.45) is 0 Å². The van der Waals surface area contributed by atoms with Gasteiger partial charge in [-0.05, 0) is 26.3 Å². The zero-order valence-corrected chi connectivity index (χ0v) is 11.8. The molecule has 0 unspecified atom stereocenters. The number of anilines is 1. The van der Waals surface area contributed by atoms with Gasteiger partial charge in [0.25, 0.3) is 0 Å². The highest BCUT2D eigenvalue weighted by Gasteiger charge is 2.26. The maximum absolute atomic E-state index is 4.55. The zero-order chi connectivity index (χ0) is 12.7. The maximum Gasteiger partial charge on any atom is 0.141 e. The Morgan fingerprint density at radius 3 is 2.78 bits per heavy atom. The first-order valence-corrected chi connectivity index (χ1v) is 7.22. The average molecular weight is 262 g/mol. The lowest BCUT2D eigenvalue weighted by Crippen LogP contribution is -2.57. The van der Waals surface area contributed by atoms with Gasteiger partial charge in [-0.25, -0.2) is 9.97 Å². The van der Waals surface area contributed by atoms with Crippen molar-refractivity contribution in [1.82, 2.24) is 15.3 Å².